The minimum Gasteiger partial charge on any atom is -0.480 e. The molecule has 0 heterocycles. The van der Waals surface area contributed by atoms with Gasteiger partial charge in [-0.2, -0.15) is 0 Å². The molecule has 0 aliphatic carbocycles. The Morgan fingerprint density at radius 1 is 1.21 bits per heavy atom. The number of rotatable bonds is 9. The third-order valence-electron chi connectivity index (χ3n) is 2.62. The Morgan fingerprint density at radius 3 is 2.11 bits per heavy atom. The molecule has 0 saturated heterocycles. The summed E-state index contributed by atoms with van der Waals surface area (Å²) >= 11 is 0. The van der Waals surface area contributed by atoms with E-state index in [4.69, 9.17) is 5.11 Å². The van der Waals surface area contributed by atoms with Crippen molar-refractivity contribution >= 4 is 21.9 Å². The van der Waals surface area contributed by atoms with Crippen LogP contribution in [0.25, 0.3) is 0 Å². The quantitative estimate of drug-likeness (QED) is 0.624. The summed E-state index contributed by atoms with van der Waals surface area (Å²) in [5, 5.41) is 11.1. The second kappa shape index (κ2) is 8.11. The molecule has 1 unspecified atom stereocenters. The fraction of sp³-hybridized carbons (Fsp3) is 0.818. The lowest BCUT2D eigenvalue weighted by molar-refractivity contribution is -0.141. The molecule has 19 heavy (non-hydrogen) atoms. The number of nitrogens with zero attached hydrogens (tertiary/aromatic N) is 1. The zero-order valence-electron chi connectivity index (χ0n) is 11.5. The van der Waals surface area contributed by atoms with Crippen LogP contribution in [0.15, 0.2) is 0 Å². The summed E-state index contributed by atoms with van der Waals surface area (Å²) in [5.74, 6) is -2.66. The Hall–Kier alpha value is -1.15. The number of hydrogen-bond donors (Lipinski definition) is 2. The first-order valence-electron chi connectivity index (χ1n) is 6.28. The van der Waals surface area contributed by atoms with E-state index in [9.17, 15) is 18.0 Å². The molecule has 2 N–H and O–H groups in total. The second-order valence-corrected chi connectivity index (χ2v) is 6.06. The largest absolute Gasteiger partial charge is 0.480 e. The van der Waals surface area contributed by atoms with Crippen molar-refractivity contribution in [2.24, 2.45) is 0 Å². The van der Waals surface area contributed by atoms with Crippen molar-refractivity contribution < 1.29 is 23.1 Å². The average molecular weight is 294 g/mol. The summed E-state index contributed by atoms with van der Waals surface area (Å²) in [7, 11) is -3.68. The van der Waals surface area contributed by atoms with E-state index in [0.29, 0.717) is 6.42 Å². The standard InChI is InChI=1S/C11H22N2O5S/c1-4-7-9(11(15)16)12-10(14)8-19(17,18)13(5-2)6-3/h9H,4-8H2,1-3H3,(H,12,14)(H,15,16). The van der Waals surface area contributed by atoms with Crippen LogP contribution in [0.1, 0.15) is 33.6 Å². The highest BCUT2D eigenvalue weighted by atomic mass is 32.2. The summed E-state index contributed by atoms with van der Waals surface area (Å²) < 4.78 is 24.8. The van der Waals surface area contributed by atoms with E-state index in [1.807, 2.05) is 0 Å². The van der Waals surface area contributed by atoms with Crippen LogP contribution in [0, 0.1) is 0 Å². The van der Waals surface area contributed by atoms with E-state index < -0.39 is 33.7 Å². The predicted molar refractivity (Wildman–Crippen MR) is 71.2 cm³/mol. The van der Waals surface area contributed by atoms with E-state index >= 15 is 0 Å². The molecule has 0 spiro atoms. The zero-order valence-corrected chi connectivity index (χ0v) is 12.4. The molecule has 1 atom stereocenters. The van der Waals surface area contributed by atoms with Crippen LogP contribution in [-0.4, -0.2) is 54.6 Å². The van der Waals surface area contributed by atoms with Crippen molar-refractivity contribution in [3.63, 3.8) is 0 Å². The van der Waals surface area contributed by atoms with Gasteiger partial charge >= 0.3 is 5.97 Å². The highest BCUT2D eigenvalue weighted by Gasteiger charge is 2.25. The van der Waals surface area contributed by atoms with Gasteiger partial charge in [0.1, 0.15) is 11.8 Å². The number of amides is 1. The first-order valence-corrected chi connectivity index (χ1v) is 7.89. The number of carboxylic acid groups (broad SMARTS) is 1. The van der Waals surface area contributed by atoms with Gasteiger partial charge < -0.3 is 10.4 Å². The molecule has 0 aliphatic heterocycles. The number of nitrogens with one attached hydrogen (secondary N) is 1. The van der Waals surface area contributed by atoms with Crippen LogP contribution >= 0.6 is 0 Å². The molecule has 1 amide bonds. The van der Waals surface area contributed by atoms with Gasteiger partial charge in [0.15, 0.2) is 0 Å². The first-order chi connectivity index (χ1) is 8.78. The van der Waals surface area contributed by atoms with Gasteiger partial charge in [-0.3, -0.25) is 4.79 Å². The third-order valence-corrected chi connectivity index (χ3v) is 4.55. The van der Waals surface area contributed by atoms with E-state index in [0.717, 1.165) is 0 Å². The zero-order chi connectivity index (χ0) is 15.1. The Kier molecular flexibility index (Phi) is 7.62. The van der Waals surface area contributed by atoms with Crippen LogP contribution in [0.3, 0.4) is 0 Å². The second-order valence-electron chi connectivity index (χ2n) is 4.09. The highest BCUT2D eigenvalue weighted by molar-refractivity contribution is 7.89. The number of carboxylic acids is 1. The minimum atomic E-state index is -3.68. The maximum absolute atomic E-state index is 11.8. The number of hydrogen-bond acceptors (Lipinski definition) is 4. The van der Waals surface area contributed by atoms with Crippen LogP contribution in [0.5, 0.6) is 0 Å². The van der Waals surface area contributed by atoms with Gasteiger partial charge in [0.25, 0.3) is 0 Å². The molecule has 7 nitrogen and oxygen atoms in total. The molecule has 112 valence electrons. The number of sulfonamides is 1. The van der Waals surface area contributed by atoms with Crippen molar-refractivity contribution in [2.75, 3.05) is 18.8 Å². The molecule has 0 aromatic carbocycles. The van der Waals surface area contributed by atoms with Gasteiger partial charge in [-0.15, -0.1) is 0 Å². The monoisotopic (exact) mass is 294 g/mol. The Bertz CT molecular complexity index is 403. The third kappa shape index (κ3) is 6.02. The first kappa shape index (κ1) is 17.8. The maximum atomic E-state index is 11.8. The lowest BCUT2D eigenvalue weighted by Gasteiger charge is -2.19. The van der Waals surface area contributed by atoms with Gasteiger partial charge in [0, 0.05) is 13.1 Å². The SMILES string of the molecule is CCCC(NC(=O)CS(=O)(=O)N(CC)CC)C(=O)O. The van der Waals surface area contributed by atoms with E-state index in [-0.39, 0.29) is 19.5 Å². The fourth-order valence-corrected chi connectivity index (χ4v) is 3.04. The van der Waals surface area contributed by atoms with E-state index in [1.54, 1.807) is 20.8 Å². The molecule has 0 bridgehead atoms. The fourth-order valence-electron chi connectivity index (χ4n) is 1.66. The van der Waals surface area contributed by atoms with Crippen molar-refractivity contribution in [1.82, 2.24) is 9.62 Å². The summed E-state index contributed by atoms with van der Waals surface area (Å²) in [6.07, 6.45) is 0.854. The number of aliphatic carboxylic acids is 1. The normalized spacial score (nSPS) is 13.3. The molecular weight excluding hydrogens is 272 g/mol. The van der Waals surface area contributed by atoms with Gasteiger partial charge in [0.2, 0.25) is 15.9 Å². The van der Waals surface area contributed by atoms with Gasteiger partial charge in [-0.1, -0.05) is 27.2 Å². The van der Waals surface area contributed by atoms with Crippen LogP contribution in [-0.2, 0) is 19.6 Å². The van der Waals surface area contributed by atoms with Crippen molar-refractivity contribution in [1.29, 1.82) is 0 Å². The predicted octanol–water partition coefficient (Wildman–Crippen LogP) is 0.0275. The lowest BCUT2D eigenvalue weighted by Crippen LogP contribution is -2.45. The molecule has 0 aromatic heterocycles. The van der Waals surface area contributed by atoms with Crippen LogP contribution < -0.4 is 5.32 Å². The highest BCUT2D eigenvalue weighted by Crippen LogP contribution is 2.02. The van der Waals surface area contributed by atoms with Gasteiger partial charge in [0.05, 0.1) is 0 Å². The van der Waals surface area contributed by atoms with Crippen molar-refractivity contribution in [3.8, 4) is 0 Å². The summed E-state index contributed by atoms with van der Waals surface area (Å²) in [6, 6.07) is -1.04. The molecule has 0 aliphatic rings. The van der Waals surface area contributed by atoms with Crippen LogP contribution in [0.2, 0.25) is 0 Å². The average Bonchev–Trinajstić information content (AvgIpc) is 2.28. The Labute approximate surface area is 114 Å². The summed E-state index contributed by atoms with van der Waals surface area (Å²) in [6.45, 7) is 5.70. The van der Waals surface area contributed by atoms with Gasteiger partial charge in [-0.05, 0) is 6.42 Å². The van der Waals surface area contributed by atoms with E-state index in [1.165, 1.54) is 4.31 Å². The molecule has 0 radical (unpaired) electrons. The van der Waals surface area contributed by atoms with Gasteiger partial charge in [-0.25, -0.2) is 17.5 Å². The van der Waals surface area contributed by atoms with Crippen LogP contribution in [0.4, 0.5) is 0 Å². The Balaban J connectivity index is 4.64. The molecule has 0 saturated carbocycles. The molecule has 0 aromatic rings. The number of carbonyl (C=O) groups is 2. The smallest absolute Gasteiger partial charge is 0.326 e. The Morgan fingerprint density at radius 2 is 1.74 bits per heavy atom. The number of carbonyl (C=O) groups excluding carboxylic acids is 1. The molecule has 0 fully saturated rings. The molecule has 8 heteroatoms. The van der Waals surface area contributed by atoms with Crippen molar-refractivity contribution in [3.05, 3.63) is 0 Å². The minimum absolute atomic E-state index is 0.270. The lowest BCUT2D eigenvalue weighted by atomic mass is 10.2. The molecular formula is C11H22N2O5S. The van der Waals surface area contributed by atoms with E-state index in [2.05, 4.69) is 5.32 Å². The maximum Gasteiger partial charge on any atom is 0.326 e. The molecule has 0 rings (SSSR count). The van der Waals surface area contributed by atoms with Crippen molar-refractivity contribution in [2.45, 2.75) is 39.7 Å². The summed E-state index contributed by atoms with van der Waals surface area (Å²) in [4.78, 5) is 22.5. The summed E-state index contributed by atoms with van der Waals surface area (Å²) in [5.41, 5.74) is 0. The topological polar surface area (TPSA) is 104 Å².